The molecule has 3 heterocycles. The van der Waals surface area contributed by atoms with Crippen molar-refractivity contribution in [3.05, 3.63) is 186 Å². The van der Waals surface area contributed by atoms with E-state index in [4.69, 9.17) is 4.98 Å². The summed E-state index contributed by atoms with van der Waals surface area (Å²) in [5, 5.41) is 13.0. The van der Waals surface area contributed by atoms with Crippen LogP contribution in [-0.2, 0) is 12.4 Å². The molecule has 0 aliphatic heterocycles. The number of aryl methyl sites for hydroxylation is 2. The SMILES string of the molecule is Cc1ccc2c(c1)c1cc(C)ccc1n2-c1cc(C#N)c(-n2c3ccc(C(F)(F)F)cc3c3cc(C(F)(F)F)ccc32)cc1-c1cc(-c2ccccc2)nc(-c2ccccc2)c1. The Hall–Kier alpha value is -7.64. The molecule has 0 radical (unpaired) electrons. The number of nitrogens with zero attached hydrogens (tertiary/aromatic N) is 4. The van der Waals surface area contributed by atoms with Crippen molar-refractivity contribution in [1.29, 1.82) is 5.26 Å². The number of halogens is 6. The normalized spacial score (nSPS) is 12.2. The highest BCUT2D eigenvalue weighted by molar-refractivity contribution is 6.12. The van der Waals surface area contributed by atoms with Gasteiger partial charge in [-0.3, -0.25) is 0 Å². The second-order valence-corrected chi connectivity index (χ2v) is 15.5. The van der Waals surface area contributed by atoms with Gasteiger partial charge in [-0.05, 0) is 104 Å². The second kappa shape index (κ2) is 14.2. The first-order valence-electron chi connectivity index (χ1n) is 19.7. The zero-order valence-electron chi connectivity index (χ0n) is 33.1. The minimum Gasteiger partial charge on any atom is -0.309 e. The first-order valence-corrected chi connectivity index (χ1v) is 19.7. The predicted molar refractivity (Wildman–Crippen MR) is 233 cm³/mol. The predicted octanol–water partition coefficient (Wildman–Crippen LogP) is 14.8. The van der Waals surface area contributed by atoms with Crippen molar-refractivity contribution in [2.75, 3.05) is 0 Å². The van der Waals surface area contributed by atoms with Crippen LogP contribution in [-0.4, -0.2) is 14.1 Å². The van der Waals surface area contributed by atoms with Crippen molar-refractivity contribution < 1.29 is 26.3 Å². The molecule has 0 atom stereocenters. The highest BCUT2D eigenvalue weighted by Gasteiger charge is 2.34. The third-order valence-electron chi connectivity index (χ3n) is 11.5. The molecule has 0 amide bonds. The molecule has 3 aromatic heterocycles. The zero-order valence-corrected chi connectivity index (χ0v) is 33.1. The average molecular weight is 827 g/mol. The van der Waals surface area contributed by atoms with Gasteiger partial charge in [0.15, 0.2) is 0 Å². The molecule has 0 saturated heterocycles. The molecular formula is C52H32F6N4. The van der Waals surface area contributed by atoms with Crippen LogP contribution >= 0.6 is 0 Å². The largest absolute Gasteiger partial charge is 0.416 e. The molecule has 7 aromatic carbocycles. The van der Waals surface area contributed by atoms with Gasteiger partial charge in [0.1, 0.15) is 6.07 Å². The number of alkyl halides is 6. The van der Waals surface area contributed by atoms with E-state index in [1.807, 2.05) is 117 Å². The maximum absolute atomic E-state index is 14.2. The Balaban J connectivity index is 1.36. The lowest BCUT2D eigenvalue weighted by Gasteiger charge is -2.20. The number of hydrogen-bond donors (Lipinski definition) is 0. The van der Waals surface area contributed by atoms with Crippen LogP contribution in [0.4, 0.5) is 26.3 Å². The Labute approximate surface area is 351 Å². The quantitative estimate of drug-likeness (QED) is 0.162. The lowest BCUT2D eigenvalue weighted by molar-refractivity contribution is -0.138. The van der Waals surface area contributed by atoms with E-state index in [2.05, 4.69) is 22.8 Å². The van der Waals surface area contributed by atoms with Gasteiger partial charge >= 0.3 is 12.4 Å². The van der Waals surface area contributed by atoms with Crippen LogP contribution in [0.1, 0.15) is 27.8 Å². The number of aromatic nitrogens is 3. The summed E-state index contributed by atoms with van der Waals surface area (Å²) in [5.41, 5.74) is 7.76. The van der Waals surface area contributed by atoms with E-state index >= 15 is 0 Å². The summed E-state index contributed by atoms with van der Waals surface area (Å²) in [6.07, 6.45) is -9.52. The number of pyridine rings is 1. The minimum atomic E-state index is -4.76. The zero-order chi connectivity index (χ0) is 43.1. The number of nitriles is 1. The van der Waals surface area contributed by atoms with Crippen LogP contribution in [0.15, 0.2) is 158 Å². The number of rotatable bonds is 5. The molecular weight excluding hydrogens is 795 g/mol. The van der Waals surface area contributed by atoms with Crippen molar-refractivity contribution in [3.8, 4) is 51.1 Å². The molecule has 4 nitrogen and oxygen atoms in total. The molecule has 10 heteroatoms. The van der Waals surface area contributed by atoms with Crippen LogP contribution in [0.5, 0.6) is 0 Å². The first-order chi connectivity index (χ1) is 29.8. The molecule has 0 fully saturated rings. The van der Waals surface area contributed by atoms with Crippen LogP contribution < -0.4 is 0 Å². The van der Waals surface area contributed by atoms with Crippen LogP contribution in [0.25, 0.3) is 88.6 Å². The Kier molecular flexibility index (Phi) is 8.85. The van der Waals surface area contributed by atoms with Gasteiger partial charge in [0.2, 0.25) is 0 Å². The van der Waals surface area contributed by atoms with Crippen LogP contribution in [0.2, 0.25) is 0 Å². The maximum Gasteiger partial charge on any atom is 0.416 e. The van der Waals surface area contributed by atoms with E-state index in [1.165, 1.54) is 12.1 Å². The molecule has 0 saturated carbocycles. The highest BCUT2D eigenvalue weighted by atomic mass is 19.4. The molecule has 0 aliphatic carbocycles. The molecule has 62 heavy (non-hydrogen) atoms. The fourth-order valence-electron chi connectivity index (χ4n) is 8.61. The van der Waals surface area contributed by atoms with Crippen molar-refractivity contribution >= 4 is 43.6 Å². The standard InChI is InChI=1S/C52H32F6N4/c1-30-13-17-45-39(21-30)40-22-31(2)14-18-46(40)62(45)50-25-35(29-59)49(28-38(50)34-23-43(32-9-5-3-6-10-32)60-44(24-34)33-11-7-4-8-12-33)61-47-19-15-36(51(53,54)55)26-41(47)42-27-37(52(56,57)58)16-20-48(42)61/h3-28H,1-2H3. The third-order valence-corrected chi connectivity index (χ3v) is 11.5. The summed E-state index contributed by atoms with van der Waals surface area (Å²) in [6.45, 7) is 4.06. The van der Waals surface area contributed by atoms with Gasteiger partial charge in [-0.2, -0.15) is 31.6 Å². The third kappa shape index (κ3) is 6.45. The maximum atomic E-state index is 14.2. The Morgan fingerprint density at radius 2 is 0.871 bits per heavy atom. The second-order valence-electron chi connectivity index (χ2n) is 15.5. The summed E-state index contributed by atoms with van der Waals surface area (Å²) in [6, 6.07) is 47.8. The van der Waals surface area contributed by atoms with E-state index in [0.29, 0.717) is 28.2 Å². The average Bonchev–Trinajstić information content (AvgIpc) is 3.76. The minimum absolute atomic E-state index is 0.0368. The van der Waals surface area contributed by atoms with Crippen LogP contribution in [0.3, 0.4) is 0 Å². The number of hydrogen-bond acceptors (Lipinski definition) is 2. The highest BCUT2D eigenvalue weighted by Crippen LogP contribution is 2.44. The molecule has 0 unspecified atom stereocenters. The molecule has 0 spiro atoms. The van der Waals surface area contributed by atoms with Crippen molar-refractivity contribution in [1.82, 2.24) is 14.1 Å². The van der Waals surface area contributed by atoms with Crippen LogP contribution in [0, 0.1) is 25.2 Å². The van der Waals surface area contributed by atoms with E-state index in [0.717, 1.165) is 68.3 Å². The number of benzene rings is 7. The first kappa shape index (κ1) is 38.6. The lowest BCUT2D eigenvalue weighted by atomic mass is 9.96. The van der Waals surface area contributed by atoms with Gasteiger partial charge in [-0.15, -0.1) is 0 Å². The summed E-state index contributed by atoms with van der Waals surface area (Å²) >= 11 is 0. The van der Waals surface area contributed by atoms with Gasteiger partial charge in [-0.1, -0.05) is 83.9 Å². The molecule has 0 aliphatic rings. The molecule has 0 N–H and O–H groups in total. The van der Waals surface area contributed by atoms with E-state index < -0.39 is 23.5 Å². The van der Waals surface area contributed by atoms with Crippen molar-refractivity contribution in [2.24, 2.45) is 0 Å². The Bertz CT molecular complexity index is 3270. The van der Waals surface area contributed by atoms with E-state index in [9.17, 15) is 31.6 Å². The summed E-state index contributed by atoms with van der Waals surface area (Å²) < 4.78 is 88.9. The van der Waals surface area contributed by atoms with Crippen molar-refractivity contribution in [2.45, 2.75) is 26.2 Å². The summed E-state index contributed by atoms with van der Waals surface area (Å²) in [5.74, 6) is 0. The fraction of sp³-hybridized carbons (Fsp3) is 0.0769. The van der Waals surface area contributed by atoms with Gasteiger partial charge in [-0.25, -0.2) is 4.98 Å². The monoisotopic (exact) mass is 826 g/mol. The van der Waals surface area contributed by atoms with Crippen molar-refractivity contribution in [3.63, 3.8) is 0 Å². The molecule has 0 bridgehead atoms. The summed E-state index contributed by atoms with van der Waals surface area (Å²) in [4.78, 5) is 5.11. The van der Waals surface area contributed by atoms with Gasteiger partial charge in [0, 0.05) is 38.2 Å². The lowest BCUT2D eigenvalue weighted by Crippen LogP contribution is -2.06. The van der Waals surface area contributed by atoms with Gasteiger partial charge in [0.05, 0.1) is 61.5 Å². The molecule has 10 rings (SSSR count). The smallest absolute Gasteiger partial charge is 0.309 e. The topological polar surface area (TPSA) is 46.5 Å². The Morgan fingerprint density at radius 3 is 1.31 bits per heavy atom. The van der Waals surface area contributed by atoms with Gasteiger partial charge < -0.3 is 9.13 Å². The fourth-order valence-corrected chi connectivity index (χ4v) is 8.61. The molecule has 302 valence electrons. The van der Waals surface area contributed by atoms with Gasteiger partial charge in [0.25, 0.3) is 0 Å². The Morgan fingerprint density at radius 1 is 0.452 bits per heavy atom. The molecule has 10 aromatic rings. The van der Waals surface area contributed by atoms with E-state index in [1.54, 1.807) is 10.6 Å². The summed E-state index contributed by atoms with van der Waals surface area (Å²) in [7, 11) is 0. The van der Waals surface area contributed by atoms with E-state index in [-0.39, 0.29) is 33.1 Å². The number of fused-ring (bicyclic) bond motifs is 6.